The van der Waals surface area contributed by atoms with Gasteiger partial charge in [0.1, 0.15) is 0 Å². The summed E-state index contributed by atoms with van der Waals surface area (Å²) < 4.78 is 1.91. The van der Waals surface area contributed by atoms with Crippen molar-refractivity contribution in [2.24, 2.45) is 0 Å². The molecule has 1 aromatic heterocycles. The van der Waals surface area contributed by atoms with Crippen LogP contribution in [0.15, 0.2) is 18.5 Å². The van der Waals surface area contributed by atoms with Crippen molar-refractivity contribution in [3.8, 4) is 0 Å². The fourth-order valence-electron chi connectivity index (χ4n) is 2.31. The minimum absolute atomic E-state index is 0.00679. The van der Waals surface area contributed by atoms with E-state index in [9.17, 15) is 5.11 Å². The minimum Gasteiger partial charge on any atom is -0.394 e. The second kappa shape index (κ2) is 4.77. The first-order valence-corrected chi connectivity index (χ1v) is 5.68. The Kier molecular flexibility index (Phi) is 3.38. The highest BCUT2D eigenvalue weighted by molar-refractivity contribution is 4.92. The van der Waals surface area contributed by atoms with Crippen LogP contribution in [0, 0.1) is 0 Å². The first-order valence-electron chi connectivity index (χ1n) is 5.68. The molecule has 1 aliphatic carbocycles. The molecule has 0 amide bonds. The molecule has 15 heavy (non-hydrogen) atoms. The molecule has 1 aromatic rings. The van der Waals surface area contributed by atoms with E-state index in [1.54, 1.807) is 6.20 Å². The van der Waals surface area contributed by atoms with Crippen LogP contribution in [0.1, 0.15) is 25.7 Å². The quantitative estimate of drug-likeness (QED) is 0.753. The Morgan fingerprint density at radius 1 is 1.40 bits per heavy atom. The lowest BCUT2D eigenvalue weighted by Gasteiger charge is -2.28. The van der Waals surface area contributed by atoms with Gasteiger partial charge in [-0.2, -0.15) is 5.10 Å². The van der Waals surface area contributed by atoms with Crippen LogP contribution in [0.2, 0.25) is 0 Å². The molecule has 0 unspecified atom stereocenters. The Morgan fingerprint density at radius 3 is 2.80 bits per heavy atom. The van der Waals surface area contributed by atoms with Gasteiger partial charge in [0, 0.05) is 24.5 Å². The van der Waals surface area contributed by atoms with E-state index in [0.29, 0.717) is 0 Å². The van der Waals surface area contributed by atoms with Crippen molar-refractivity contribution in [1.29, 1.82) is 0 Å². The molecule has 84 valence electrons. The monoisotopic (exact) mass is 209 g/mol. The zero-order chi connectivity index (χ0) is 10.6. The van der Waals surface area contributed by atoms with Crippen molar-refractivity contribution >= 4 is 0 Å². The molecule has 0 aromatic carbocycles. The van der Waals surface area contributed by atoms with Crippen LogP contribution in [0.5, 0.6) is 0 Å². The van der Waals surface area contributed by atoms with Crippen molar-refractivity contribution in [3.05, 3.63) is 18.5 Å². The number of aromatic nitrogens is 2. The van der Waals surface area contributed by atoms with Crippen LogP contribution in [0.25, 0.3) is 0 Å². The first-order chi connectivity index (χ1) is 7.35. The largest absolute Gasteiger partial charge is 0.394 e. The molecule has 0 bridgehead atoms. The van der Waals surface area contributed by atoms with Crippen molar-refractivity contribution in [1.82, 2.24) is 15.1 Å². The summed E-state index contributed by atoms with van der Waals surface area (Å²) in [5.41, 5.74) is -0.00679. The Bertz CT molecular complexity index is 278. The lowest BCUT2D eigenvalue weighted by Crippen LogP contribution is -2.47. The molecule has 1 heterocycles. The molecule has 4 heteroatoms. The van der Waals surface area contributed by atoms with E-state index in [1.807, 2.05) is 16.9 Å². The zero-order valence-electron chi connectivity index (χ0n) is 9.02. The van der Waals surface area contributed by atoms with Gasteiger partial charge in [-0.05, 0) is 18.9 Å². The van der Waals surface area contributed by atoms with E-state index in [4.69, 9.17) is 0 Å². The Hall–Kier alpha value is -0.870. The van der Waals surface area contributed by atoms with Crippen LogP contribution < -0.4 is 5.32 Å². The Morgan fingerprint density at radius 2 is 2.20 bits per heavy atom. The number of nitrogens with zero attached hydrogens (tertiary/aromatic N) is 2. The molecule has 0 radical (unpaired) electrons. The summed E-state index contributed by atoms with van der Waals surface area (Å²) >= 11 is 0. The predicted octanol–water partition coefficient (Wildman–Crippen LogP) is 0.778. The summed E-state index contributed by atoms with van der Waals surface area (Å²) in [6.45, 7) is 2.00. The first kappa shape index (κ1) is 10.6. The molecule has 2 N–H and O–H groups in total. The van der Waals surface area contributed by atoms with Gasteiger partial charge < -0.3 is 10.4 Å². The number of hydrogen-bond acceptors (Lipinski definition) is 3. The molecule has 1 fully saturated rings. The summed E-state index contributed by atoms with van der Waals surface area (Å²) in [7, 11) is 0. The zero-order valence-corrected chi connectivity index (χ0v) is 9.02. The number of aliphatic hydroxyl groups is 1. The standard InChI is InChI=1S/C11H19N3O/c15-10-11(4-1-2-5-11)12-7-9-14-8-3-6-13-14/h3,6,8,12,15H,1-2,4-5,7,9-10H2. The second-order valence-corrected chi connectivity index (χ2v) is 4.34. The van der Waals surface area contributed by atoms with Crippen molar-refractivity contribution in [2.75, 3.05) is 13.2 Å². The summed E-state index contributed by atoms with van der Waals surface area (Å²) in [5, 5.41) is 17.0. The lowest BCUT2D eigenvalue weighted by molar-refractivity contribution is 0.163. The van der Waals surface area contributed by atoms with Gasteiger partial charge in [0.05, 0.1) is 13.2 Å². The molecule has 0 saturated heterocycles. The van der Waals surface area contributed by atoms with Crippen LogP contribution in [-0.2, 0) is 6.54 Å². The average molecular weight is 209 g/mol. The maximum absolute atomic E-state index is 9.39. The Labute approximate surface area is 90.3 Å². The van der Waals surface area contributed by atoms with E-state index < -0.39 is 0 Å². The van der Waals surface area contributed by atoms with Gasteiger partial charge in [-0.1, -0.05) is 12.8 Å². The topological polar surface area (TPSA) is 50.1 Å². The van der Waals surface area contributed by atoms with E-state index in [2.05, 4.69) is 10.4 Å². The fraction of sp³-hybridized carbons (Fsp3) is 0.727. The van der Waals surface area contributed by atoms with E-state index in [0.717, 1.165) is 25.9 Å². The molecule has 1 saturated carbocycles. The third-order valence-corrected chi connectivity index (χ3v) is 3.26. The average Bonchev–Trinajstić information content (AvgIpc) is 2.89. The van der Waals surface area contributed by atoms with Crippen LogP contribution in [-0.4, -0.2) is 33.6 Å². The van der Waals surface area contributed by atoms with Gasteiger partial charge in [-0.25, -0.2) is 0 Å². The SMILES string of the molecule is OCC1(NCCn2cccn2)CCCC1. The minimum atomic E-state index is -0.00679. The highest BCUT2D eigenvalue weighted by Crippen LogP contribution is 2.28. The molecule has 0 aliphatic heterocycles. The van der Waals surface area contributed by atoms with Gasteiger partial charge >= 0.3 is 0 Å². The molecule has 0 spiro atoms. The smallest absolute Gasteiger partial charge is 0.0613 e. The highest BCUT2D eigenvalue weighted by atomic mass is 16.3. The molecule has 1 aliphatic rings. The lowest BCUT2D eigenvalue weighted by atomic mass is 9.99. The summed E-state index contributed by atoms with van der Waals surface area (Å²) in [4.78, 5) is 0. The summed E-state index contributed by atoms with van der Waals surface area (Å²) in [6.07, 6.45) is 8.41. The van der Waals surface area contributed by atoms with Crippen LogP contribution in [0.4, 0.5) is 0 Å². The molecular weight excluding hydrogens is 190 g/mol. The van der Waals surface area contributed by atoms with Crippen LogP contribution in [0.3, 0.4) is 0 Å². The maximum Gasteiger partial charge on any atom is 0.0613 e. The molecule has 0 atom stereocenters. The fourth-order valence-corrected chi connectivity index (χ4v) is 2.31. The Balaban J connectivity index is 1.77. The van der Waals surface area contributed by atoms with E-state index in [-0.39, 0.29) is 12.1 Å². The number of nitrogens with one attached hydrogen (secondary N) is 1. The second-order valence-electron chi connectivity index (χ2n) is 4.34. The van der Waals surface area contributed by atoms with E-state index in [1.165, 1.54) is 12.8 Å². The van der Waals surface area contributed by atoms with Crippen LogP contribution >= 0.6 is 0 Å². The van der Waals surface area contributed by atoms with Crippen molar-refractivity contribution in [2.45, 2.75) is 37.8 Å². The molecular formula is C11H19N3O. The van der Waals surface area contributed by atoms with Gasteiger partial charge in [-0.15, -0.1) is 0 Å². The molecule has 2 rings (SSSR count). The number of hydrogen-bond donors (Lipinski definition) is 2. The number of aliphatic hydroxyl groups excluding tert-OH is 1. The van der Waals surface area contributed by atoms with Crippen molar-refractivity contribution < 1.29 is 5.11 Å². The summed E-state index contributed by atoms with van der Waals surface area (Å²) in [6, 6.07) is 1.93. The van der Waals surface area contributed by atoms with Gasteiger partial charge in [0.2, 0.25) is 0 Å². The third kappa shape index (κ3) is 2.58. The summed E-state index contributed by atoms with van der Waals surface area (Å²) in [5.74, 6) is 0. The number of rotatable bonds is 5. The third-order valence-electron chi connectivity index (χ3n) is 3.26. The van der Waals surface area contributed by atoms with Gasteiger partial charge in [0.25, 0.3) is 0 Å². The predicted molar refractivity (Wildman–Crippen MR) is 58.5 cm³/mol. The molecule has 4 nitrogen and oxygen atoms in total. The van der Waals surface area contributed by atoms with Gasteiger partial charge in [-0.3, -0.25) is 4.68 Å². The normalized spacial score (nSPS) is 19.5. The van der Waals surface area contributed by atoms with E-state index >= 15 is 0 Å². The highest BCUT2D eigenvalue weighted by Gasteiger charge is 2.32. The van der Waals surface area contributed by atoms with Crippen molar-refractivity contribution in [3.63, 3.8) is 0 Å². The van der Waals surface area contributed by atoms with Gasteiger partial charge in [0.15, 0.2) is 0 Å². The maximum atomic E-state index is 9.39.